The van der Waals surface area contributed by atoms with Gasteiger partial charge in [0, 0.05) is 24.7 Å². The Labute approximate surface area is 232 Å². The molecule has 0 aliphatic heterocycles. The summed E-state index contributed by atoms with van der Waals surface area (Å²) < 4.78 is 11.0. The summed E-state index contributed by atoms with van der Waals surface area (Å²) in [6.07, 6.45) is 10.1. The van der Waals surface area contributed by atoms with E-state index in [0.29, 0.717) is 54.8 Å². The number of Topliss-reactive ketones (excluding diaryl/α,β-unsaturated/α-hetero) is 1. The lowest BCUT2D eigenvalue weighted by Crippen LogP contribution is -2.60. The van der Waals surface area contributed by atoms with Crippen molar-refractivity contribution < 1.29 is 23.9 Å². The molecule has 0 spiro atoms. The number of carbonyl (C=O) groups excluding carboxylic acids is 3. The molecule has 5 heteroatoms. The van der Waals surface area contributed by atoms with Crippen molar-refractivity contribution in [2.24, 2.45) is 52.3 Å². The Morgan fingerprint density at radius 3 is 2.21 bits per heavy atom. The summed E-state index contributed by atoms with van der Waals surface area (Å²) in [6, 6.07) is 0. The van der Waals surface area contributed by atoms with Gasteiger partial charge in [-0.1, -0.05) is 48.5 Å². The van der Waals surface area contributed by atoms with Gasteiger partial charge in [0.2, 0.25) is 0 Å². The van der Waals surface area contributed by atoms with E-state index in [1.165, 1.54) is 12.8 Å². The summed E-state index contributed by atoms with van der Waals surface area (Å²) in [7, 11) is 0. The van der Waals surface area contributed by atoms with E-state index in [4.69, 9.17) is 9.47 Å². The first-order valence-corrected chi connectivity index (χ1v) is 16.0. The largest absolute Gasteiger partial charge is 0.466 e. The lowest BCUT2D eigenvalue weighted by molar-refractivity contribution is -0.179. The fourth-order valence-corrected chi connectivity index (χ4v) is 9.75. The van der Waals surface area contributed by atoms with Gasteiger partial charge < -0.3 is 9.47 Å². The highest BCUT2D eigenvalue weighted by Gasteiger charge is 2.65. The standard InChI is InChI=1S/C31H50O5.C2H6/c1-7-21-25-18-20(36-26(32)8-2)14-16-31(25,6)24-15-17-30(5)22(11-12-23(30)28(24)29(21)34)19(4)10-13-27(33)35-9-3;1-2/h19-25,28H,7-18H2,1-6H3;1-2H3/t19-,20-,21?,22?,23?,24?,25?,28?,30?,31?;/m1./s1. The van der Waals surface area contributed by atoms with Gasteiger partial charge in [-0.3, -0.25) is 14.4 Å². The predicted octanol–water partition coefficient (Wildman–Crippen LogP) is 7.79. The summed E-state index contributed by atoms with van der Waals surface area (Å²) >= 11 is 0. The van der Waals surface area contributed by atoms with Gasteiger partial charge in [0.15, 0.2) is 0 Å². The van der Waals surface area contributed by atoms with Gasteiger partial charge in [-0.05, 0) is 105 Å². The molecular weight excluding hydrogens is 476 g/mol. The van der Waals surface area contributed by atoms with Crippen LogP contribution >= 0.6 is 0 Å². The van der Waals surface area contributed by atoms with E-state index < -0.39 is 0 Å². The Kier molecular flexibility index (Phi) is 10.5. The van der Waals surface area contributed by atoms with E-state index in [-0.39, 0.29) is 40.7 Å². The van der Waals surface area contributed by atoms with Crippen LogP contribution in [0.25, 0.3) is 0 Å². The van der Waals surface area contributed by atoms with Crippen molar-refractivity contribution in [3.05, 3.63) is 0 Å². The Balaban J connectivity index is 0.00000195. The highest BCUT2D eigenvalue weighted by Crippen LogP contribution is 2.68. The first kappa shape index (κ1) is 31.1. The monoisotopic (exact) mass is 532 g/mol. The van der Waals surface area contributed by atoms with Crippen molar-refractivity contribution in [3.8, 4) is 0 Å². The third kappa shape index (κ3) is 5.59. The van der Waals surface area contributed by atoms with E-state index >= 15 is 0 Å². The van der Waals surface area contributed by atoms with Gasteiger partial charge in [-0.2, -0.15) is 0 Å². The predicted molar refractivity (Wildman–Crippen MR) is 151 cm³/mol. The maximum Gasteiger partial charge on any atom is 0.305 e. The number of hydrogen-bond donors (Lipinski definition) is 0. The first-order valence-electron chi connectivity index (χ1n) is 16.0. The SMILES string of the molecule is CC.CCOC(=O)CC[C@@H](C)C1CCC2C3C(=O)C(CC)C4C[C@H](OC(=O)CC)CCC4(C)C3CCC21C. The molecule has 8 unspecified atom stereocenters. The van der Waals surface area contributed by atoms with E-state index in [1.54, 1.807) is 0 Å². The molecule has 4 aliphatic carbocycles. The molecule has 4 fully saturated rings. The Hall–Kier alpha value is -1.39. The molecule has 4 rings (SSSR count). The van der Waals surface area contributed by atoms with Gasteiger partial charge in [0.25, 0.3) is 0 Å². The highest BCUT2D eigenvalue weighted by molar-refractivity contribution is 5.86. The number of carbonyl (C=O) groups is 3. The molecular formula is C33H56O5. The van der Waals surface area contributed by atoms with E-state index in [2.05, 4.69) is 27.7 Å². The van der Waals surface area contributed by atoms with Crippen LogP contribution in [0, 0.1) is 52.3 Å². The fourth-order valence-electron chi connectivity index (χ4n) is 9.75. The van der Waals surface area contributed by atoms with Crippen molar-refractivity contribution >= 4 is 17.7 Å². The smallest absolute Gasteiger partial charge is 0.305 e. The van der Waals surface area contributed by atoms with Gasteiger partial charge in [-0.15, -0.1) is 0 Å². The van der Waals surface area contributed by atoms with Gasteiger partial charge >= 0.3 is 11.9 Å². The van der Waals surface area contributed by atoms with Crippen molar-refractivity contribution in [1.82, 2.24) is 0 Å². The molecule has 0 heterocycles. The molecule has 0 amide bonds. The number of rotatable bonds is 8. The Morgan fingerprint density at radius 2 is 1.58 bits per heavy atom. The highest BCUT2D eigenvalue weighted by atomic mass is 16.5. The average Bonchev–Trinajstić information content (AvgIpc) is 3.26. The summed E-state index contributed by atoms with van der Waals surface area (Å²) in [6.45, 7) is 17.6. The van der Waals surface area contributed by atoms with Crippen molar-refractivity contribution in [3.63, 3.8) is 0 Å². The molecule has 5 nitrogen and oxygen atoms in total. The zero-order valence-corrected chi connectivity index (χ0v) is 25.6. The number of ether oxygens (including phenoxy) is 2. The third-order valence-electron chi connectivity index (χ3n) is 11.6. The van der Waals surface area contributed by atoms with Gasteiger partial charge in [0.1, 0.15) is 11.9 Å². The number of ketones is 1. The molecule has 218 valence electrons. The zero-order chi connectivity index (χ0) is 28.3. The van der Waals surface area contributed by atoms with Crippen LogP contribution in [-0.4, -0.2) is 30.4 Å². The van der Waals surface area contributed by atoms with Gasteiger partial charge in [0.05, 0.1) is 6.61 Å². The zero-order valence-electron chi connectivity index (χ0n) is 25.6. The molecule has 38 heavy (non-hydrogen) atoms. The molecule has 10 atom stereocenters. The molecule has 0 N–H and O–H groups in total. The molecule has 0 saturated heterocycles. The second kappa shape index (κ2) is 12.9. The molecule has 4 aliphatic rings. The summed E-state index contributed by atoms with van der Waals surface area (Å²) in [5, 5.41) is 0. The maximum absolute atomic E-state index is 14.3. The first-order chi connectivity index (χ1) is 18.1. The Morgan fingerprint density at radius 1 is 0.921 bits per heavy atom. The second-order valence-corrected chi connectivity index (χ2v) is 13.1. The molecule has 0 bridgehead atoms. The quantitative estimate of drug-likeness (QED) is 0.298. The lowest BCUT2D eigenvalue weighted by Gasteiger charge is -2.62. The lowest BCUT2D eigenvalue weighted by atomic mass is 9.42. The van der Waals surface area contributed by atoms with Crippen LogP contribution < -0.4 is 0 Å². The topological polar surface area (TPSA) is 69.7 Å². The maximum atomic E-state index is 14.3. The number of fused-ring (bicyclic) bond motifs is 5. The summed E-state index contributed by atoms with van der Waals surface area (Å²) in [5.41, 5.74) is 0.337. The van der Waals surface area contributed by atoms with Crippen LogP contribution in [0.4, 0.5) is 0 Å². The molecule has 0 aromatic carbocycles. The van der Waals surface area contributed by atoms with Crippen LogP contribution in [0.5, 0.6) is 0 Å². The molecule has 4 saturated carbocycles. The van der Waals surface area contributed by atoms with Crippen LogP contribution in [0.1, 0.15) is 126 Å². The van der Waals surface area contributed by atoms with E-state index in [1.807, 2.05) is 27.7 Å². The molecule has 0 radical (unpaired) electrons. The van der Waals surface area contributed by atoms with Crippen molar-refractivity contribution in [2.75, 3.05) is 6.61 Å². The molecule has 0 aromatic heterocycles. The fraction of sp³-hybridized carbons (Fsp3) is 0.909. The average molecular weight is 533 g/mol. The van der Waals surface area contributed by atoms with Crippen LogP contribution in [0.2, 0.25) is 0 Å². The van der Waals surface area contributed by atoms with E-state index in [0.717, 1.165) is 44.9 Å². The van der Waals surface area contributed by atoms with Crippen LogP contribution in [0.15, 0.2) is 0 Å². The van der Waals surface area contributed by atoms with Crippen molar-refractivity contribution in [2.45, 2.75) is 132 Å². The Bertz CT molecular complexity index is 837. The third-order valence-corrected chi connectivity index (χ3v) is 11.6. The summed E-state index contributed by atoms with van der Waals surface area (Å²) in [5.74, 6) is 2.85. The minimum atomic E-state index is -0.112. The number of hydrogen-bond acceptors (Lipinski definition) is 5. The van der Waals surface area contributed by atoms with Gasteiger partial charge in [-0.25, -0.2) is 0 Å². The summed E-state index contributed by atoms with van der Waals surface area (Å²) in [4.78, 5) is 38.3. The van der Waals surface area contributed by atoms with Crippen LogP contribution in [-0.2, 0) is 23.9 Å². The minimum Gasteiger partial charge on any atom is -0.466 e. The van der Waals surface area contributed by atoms with E-state index in [9.17, 15) is 14.4 Å². The van der Waals surface area contributed by atoms with Crippen molar-refractivity contribution in [1.29, 1.82) is 0 Å². The minimum absolute atomic E-state index is 0.0288. The number of esters is 2. The normalized spacial score (nSPS) is 40.5. The van der Waals surface area contributed by atoms with Crippen LogP contribution in [0.3, 0.4) is 0 Å². The molecule has 0 aromatic rings. The second-order valence-electron chi connectivity index (χ2n) is 13.1.